The maximum Gasteiger partial charge on any atom is 0.212 e. The van der Waals surface area contributed by atoms with Gasteiger partial charge in [-0.2, -0.15) is 0 Å². The lowest BCUT2D eigenvalue weighted by Crippen LogP contribution is -2.12. The molecule has 1 rings (SSSR count). The Morgan fingerprint density at radius 1 is 1.42 bits per heavy atom. The summed E-state index contributed by atoms with van der Waals surface area (Å²) in [4.78, 5) is 9.95. The number of carbonyl (C=O) groups excluding carboxylic acids is 1. The van der Waals surface area contributed by atoms with Crippen LogP contribution in [0.1, 0.15) is 5.56 Å². The van der Waals surface area contributed by atoms with Crippen LogP contribution in [0.25, 0.3) is 0 Å². The second-order valence-corrected chi connectivity index (χ2v) is 2.32. The summed E-state index contributed by atoms with van der Waals surface area (Å²) < 4.78 is 4.76. The van der Waals surface area contributed by atoms with Gasteiger partial charge in [0.15, 0.2) is 6.29 Å². The number of hydrogen-bond acceptors (Lipinski definition) is 3. The summed E-state index contributed by atoms with van der Waals surface area (Å²) >= 11 is 0. The number of ether oxygens (including phenoxy) is 1. The van der Waals surface area contributed by atoms with E-state index < -0.39 is 6.29 Å². The van der Waals surface area contributed by atoms with Crippen LogP contribution in [0.3, 0.4) is 0 Å². The van der Waals surface area contributed by atoms with Crippen molar-refractivity contribution in [3.63, 3.8) is 0 Å². The predicted octanol–water partition coefficient (Wildman–Crippen LogP) is 0.720. The molecule has 0 bridgehead atoms. The van der Waals surface area contributed by atoms with Crippen molar-refractivity contribution in [3.05, 3.63) is 35.9 Å². The lowest BCUT2D eigenvalue weighted by molar-refractivity contribution is -0.144. The molecule has 64 valence electrons. The van der Waals surface area contributed by atoms with E-state index in [0.717, 1.165) is 5.56 Å². The Bertz CT molecular complexity index is 233. The highest BCUT2D eigenvalue weighted by Gasteiger charge is 1.99. The van der Waals surface area contributed by atoms with Crippen molar-refractivity contribution in [1.82, 2.24) is 0 Å². The van der Waals surface area contributed by atoms with Crippen LogP contribution in [-0.4, -0.2) is 17.7 Å². The molecule has 0 heterocycles. The van der Waals surface area contributed by atoms with Crippen LogP contribution in [0.15, 0.2) is 30.3 Å². The summed E-state index contributed by atoms with van der Waals surface area (Å²) in [5.41, 5.74) is 0.929. The second-order valence-electron chi connectivity index (χ2n) is 2.32. The SMILES string of the molecule is O=CC(O)OCc1ccccc1. The first-order valence-electron chi connectivity index (χ1n) is 3.62. The molecule has 0 saturated carbocycles. The Morgan fingerprint density at radius 3 is 2.67 bits per heavy atom. The van der Waals surface area contributed by atoms with E-state index in [2.05, 4.69) is 0 Å². The highest BCUT2D eigenvalue weighted by molar-refractivity contribution is 5.53. The maximum absolute atomic E-state index is 9.95. The van der Waals surface area contributed by atoms with Crippen molar-refractivity contribution in [2.24, 2.45) is 0 Å². The molecule has 0 radical (unpaired) electrons. The van der Waals surface area contributed by atoms with Gasteiger partial charge in [-0.05, 0) is 5.56 Å². The second kappa shape index (κ2) is 4.64. The highest BCUT2D eigenvalue weighted by Crippen LogP contribution is 2.00. The highest BCUT2D eigenvalue weighted by atomic mass is 16.6. The van der Waals surface area contributed by atoms with Crippen molar-refractivity contribution in [3.8, 4) is 0 Å². The molecule has 0 aliphatic rings. The van der Waals surface area contributed by atoms with Gasteiger partial charge in [-0.3, -0.25) is 4.79 Å². The molecule has 3 heteroatoms. The molecule has 12 heavy (non-hydrogen) atoms. The Balaban J connectivity index is 2.38. The van der Waals surface area contributed by atoms with Gasteiger partial charge in [0.25, 0.3) is 0 Å². The maximum atomic E-state index is 9.95. The monoisotopic (exact) mass is 166 g/mol. The van der Waals surface area contributed by atoms with Gasteiger partial charge in [0, 0.05) is 0 Å². The molecule has 1 aromatic carbocycles. The van der Waals surface area contributed by atoms with E-state index in [9.17, 15) is 4.79 Å². The average Bonchev–Trinajstić information content (AvgIpc) is 2.16. The zero-order valence-corrected chi connectivity index (χ0v) is 6.51. The van der Waals surface area contributed by atoms with E-state index in [1.807, 2.05) is 30.3 Å². The van der Waals surface area contributed by atoms with E-state index in [1.165, 1.54) is 0 Å². The number of hydrogen-bond donors (Lipinski definition) is 1. The van der Waals surface area contributed by atoms with E-state index in [1.54, 1.807) is 0 Å². The Morgan fingerprint density at radius 2 is 2.08 bits per heavy atom. The normalized spacial score (nSPS) is 12.4. The van der Waals surface area contributed by atoms with Crippen LogP contribution in [0.4, 0.5) is 0 Å². The van der Waals surface area contributed by atoms with Crippen molar-refractivity contribution in [2.45, 2.75) is 12.9 Å². The summed E-state index contributed by atoms with van der Waals surface area (Å²) in [5.74, 6) is 0. The minimum atomic E-state index is -1.31. The molecule has 0 saturated heterocycles. The molecular formula is C9H10O3. The van der Waals surface area contributed by atoms with Gasteiger partial charge in [0.1, 0.15) is 0 Å². The fourth-order valence-electron chi connectivity index (χ4n) is 0.795. The first-order chi connectivity index (χ1) is 5.83. The van der Waals surface area contributed by atoms with Crippen LogP contribution in [-0.2, 0) is 16.1 Å². The minimum Gasteiger partial charge on any atom is -0.362 e. The molecule has 1 atom stereocenters. The van der Waals surface area contributed by atoms with E-state index >= 15 is 0 Å². The number of benzene rings is 1. The quantitative estimate of drug-likeness (QED) is 0.529. The number of aliphatic hydroxyl groups excluding tert-OH is 1. The molecule has 0 spiro atoms. The molecule has 1 unspecified atom stereocenters. The number of aldehydes is 1. The smallest absolute Gasteiger partial charge is 0.212 e. The van der Waals surface area contributed by atoms with Gasteiger partial charge in [-0.25, -0.2) is 0 Å². The molecule has 0 amide bonds. The largest absolute Gasteiger partial charge is 0.362 e. The average molecular weight is 166 g/mol. The number of aliphatic hydroxyl groups is 1. The van der Waals surface area contributed by atoms with Gasteiger partial charge >= 0.3 is 0 Å². The molecule has 0 aromatic heterocycles. The number of carbonyl (C=O) groups is 1. The standard InChI is InChI=1S/C9H10O3/c10-6-9(11)12-7-8-4-2-1-3-5-8/h1-6,9,11H,7H2. The van der Waals surface area contributed by atoms with Gasteiger partial charge in [0.2, 0.25) is 6.29 Å². The Hall–Kier alpha value is -1.19. The summed E-state index contributed by atoms with van der Waals surface area (Å²) in [6.45, 7) is 0.251. The van der Waals surface area contributed by atoms with Crippen molar-refractivity contribution < 1.29 is 14.6 Å². The number of rotatable bonds is 4. The summed E-state index contributed by atoms with van der Waals surface area (Å²) in [6.07, 6.45) is -0.964. The van der Waals surface area contributed by atoms with Crippen LogP contribution in [0, 0.1) is 0 Å². The zero-order chi connectivity index (χ0) is 8.81. The van der Waals surface area contributed by atoms with Crippen molar-refractivity contribution in [2.75, 3.05) is 0 Å². The predicted molar refractivity (Wildman–Crippen MR) is 43.3 cm³/mol. The van der Waals surface area contributed by atoms with Crippen LogP contribution < -0.4 is 0 Å². The fourth-order valence-corrected chi connectivity index (χ4v) is 0.795. The minimum absolute atomic E-state index is 0.251. The third-order valence-electron chi connectivity index (χ3n) is 1.38. The van der Waals surface area contributed by atoms with Gasteiger partial charge in [-0.15, -0.1) is 0 Å². The van der Waals surface area contributed by atoms with Gasteiger partial charge < -0.3 is 9.84 Å². The summed E-state index contributed by atoms with van der Waals surface area (Å²) in [5, 5.41) is 8.73. The Labute approximate surface area is 70.6 Å². The third kappa shape index (κ3) is 2.82. The van der Waals surface area contributed by atoms with Crippen LogP contribution in [0.2, 0.25) is 0 Å². The lowest BCUT2D eigenvalue weighted by atomic mass is 10.2. The third-order valence-corrected chi connectivity index (χ3v) is 1.38. The van der Waals surface area contributed by atoms with Crippen LogP contribution in [0.5, 0.6) is 0 Å². The van der Waals surface area contributed by atoms with Crippen molar-refractivity contribution in [1.29, 1.82) is 0 Å². The zero-order valence-electron chi connectivity index (χ0n) is 6.51. The molecule has 3 nitrogen and oxygen atoms in total. The molecule has 1 N–H and O–H groups in total. The van der Waals surface area contributed by atoms with Crippen molar-refractivity contribution >= 4 is 6.29 Å². The van der Waals surface area contributed by atoms with Gasteiger partial charge in [0.05, 0.1) is 6.61 Å². The topological polar surface area (TPSA) is 46.5 Å². The fraction of sp³-hybridized carbons (Fsp3) is 0.222. The van der Waals surface area contributed by atoms with E-state index in [0.29, 0.717) is 6.29 Å². The molecule has 1 aromatic rings. The first kappa shape index (κ1) is 8.90. The first-order valence-corrected chi connectivity index (χ1v) is 3.62. The molecule has 0 aliphatic carbocycles. The lowest BCUT2D eigenvalue weighted by Gasteiger charge is -2.04. The molecule has 0 aliphatic heterocycles. The Kier molecular flexibility index (Phi) is 3.44. The van der Waals surface area contributed by atoms with Crippen LogP contribution >= 0.6 is 0 Å². The molecule has 0 fully saturated rings. The molecular weight excluding hydrogens is 156 g/mol. The summed E-state index contributed by atoms with van der Waals surface area (Å²) in [6, 6.07) is 9.34. The van der Waals surface area contributed by atoms with E-state index in [-0.39, 0.29) is 6.61 Å². The van der Waals surface area contributed by atoms with E-state index in [4.69, 9.17) is 9.84 Å². The summed E-state index contributed by atoms with van der Waals surface area (Å²) in [7, 11) is 0. The van der Waals surface area contributed by atoms with Gasteiger partial charge in [-0.1, -0.05) is 30.3 Å².